The van der Waals surface area contributed by atoms with Gasteiger partial charge in [-0.05, 0) is 24.1 Å². The maximum Gasteiger partial charge on any atom is 0.178 e. The molecule has 5 heteroatoms. The Morgan fingerprint density at radius 2 is 1.48 bits per heavy atom. The van der Waals surface area contributed by atoms with E-state index in [1.807, 2.05) is 12.1 Å². The van der Waals surface area contributed by atoms with Gasteiger partial charge in [0.25, 0.3) is 0 Å². The Hall–Kier alpha value is -0.910. The van der Waals surface area contributed by atoms with Gasteiger partial charge in [0.15, 0.2) is 16.1 Å². The number of unbranched alkanes of at least 4 members (excludes halogenated alkanes) is 5. The van der Waals surface area contributed by atoms with Crippen molar-refractivity contribution in [2.45, 2.75) is 63.1 Å². The average Bonchev–Trinajstić information content (AvgIpc) is 2.56. The highest BCUT2D eigenvalue weighted by molar-refractivity contribution is 7.91. The van der Waals surface area contributed by atoms with Crippen LogP contribution in [0.1, 0.15) is 51.0 Å². The van der Waals surface area contributed by atoms with Gasteiger partial charge in [0, 0.05) is 20.6 Å². The third-order valence-corrected chi connectivity index (χ3v) is 5.79. The lowest BCUT2D eigenvalue weighted by atomic mass is 10.1. The van der Waals surface area contributed by atoms with Gasteiger partial charge >= 0.3 is 0 Å². The first-order valence-electron chi connectivity index (χ1n) is 8.40. The molecule has 1 rings (SSSR count). The van der Waals surface area contributed by atoms with E-state index in [0.717, 1.165) is 24.8 Å². The van der Waals surface area contributed by atoms with Crippen LogP contribution in [0.25, 0.3) is 0 Å². The Kier molecular flexibility index (Phi) is 9.44. The van der Waals surface area contributed by atoms with Crippen LogP contribution in [0.15, 0.2) is 29.2 Å². The van der Waals surface area contributed by atoms with E-state index in [1.165, 1.54) is 19.3 Å². The normalized spacial score (nSPS) is 12.0. The summed E-state index contributed by atoms with van der Waals surface area (Å²) in [4.78, 5) is 0.404. The monoisotopic (exact) mass is 342 g/mol. The van der Waals surface area contributed by atoms with Crippen molar-refractivity contribution in [1.82, 2.24) is 0 Å². The minimum atomic E-state index is -3.17. The standard InChI is InChI=1S/C18H30O4S/c1-4-5-6-7-8-9-14-23(19,20)17-12-10-16(11-13-17)15-18(21-2)22-3/h10-13,18H,4-9,14-15H2,1-3H3. The number of benzene rings is 1. The quantitative estimate of drug-likeness (QED) is 0.426. The number of sulfone groups is 1. The van der Waals surface area contributed by atoms with Crippen LogP contribution in [0.3, 0.4) is 0 Å². The molecule has 0 fully saturated rings. The van der Waals surface area contributed by atoms with Crippen LogP contribution in [0.4, 0.5) is 0 Å². The maximum atomic E-state index is 12.3. The molecule has 1 aromatic carbocycles. The Labute approximate surface area is 141 Å². The molecule has 0 bridgehead atoms. The van der Waals surface area contributed by atoms with Crippen molar-refractivity contribution < 1.29 is 17.9 Å². The van der Waals surface area contributed by atoms with E-state index in [9.17, 15) is 8.42 Å². The molecule has 23 heavy (non-hydrogen) atoms. The molecule has 0 aliphatic carbocycles. The molecule has 0 aliphatic rings. The summed E-state index contributed by atoms with van der Waals surface area (Å²) in [7, 11) is 0.00968. The summed E-state index contributed by atoms with van der Waals surface area (Å²) in [5.41, 5.74) is 0.997. The molecular weight excluding hydrogens is 312 g/mol. The maximum absolute atomic E-state index is 12.3. The molecule has 0 spiro atoms. The predicted molar refractivity (Wildman–Crippen MR) is 93.4 cm³/mol. The number of methoxy groups -OCH3 is 2. The van der Waals surface area contributed by atoms with Crippen molar-refractivity contribution in [1.29, 1.82) is 0 Å². The van der Waals surface area contributed by atoms with Gasteiger partial charge in [0.05, 0.1) is 10.6 Å². The van der Waals surface area contributed by atoms with Crippen molar-refractivity contribution in [2.75, 3.05) is 20.0 Å². The van der Waals surface area contributed by atoms with Gasteiger partial charge in [-0.3, -0.25) is 0 Å². The molecule has 0 aromatic heterocycles. The molecule has 0 radical (unpaired) electrons. The highest BCUT2D eigenvalue weighted by atomic mass is 32.2. The van der Waals surface area contributed by atoms with Crippen molar-refractivity contribution in [3.63, 3.8) is 0 Å². The number of ether oxygens (including phenoxy) is 2. The molecule has 132 valence electrons. The van der Waals surface area contributed by atoms with E-state index < -0.39 is 9.84 Å². The van der Waals surface area contributed by atoms with Gasteiger partial charge < -0.3 is 9.47 Å². The summed E-state index contributed by atoms with van der Waals surface area (Å²) in [5, 5.41) is 0. The SMILES string of the molecule is CCCCCCCCS(=O)(=O)c1ccc(CC(OC)OC)cc1. The first-order chi connectivity index (χ1) is 11.0. The molecule has 0 amide bonds. The van der Waals surface area contributed by atoms with Crippen molar-refractivity contribution in [3.05, 3.63) is 29.8 Å². The Bertz CT molecular complexity index is 518. The lowest BCUT2D eigenvalue weighted by Gasteiger charge is -2.13. The molecular formula is C18H30O4S. The third-order valence-electron chi connectivity index (χ3n) is 3.98. The summed E-state index contributed by atoms with van der Waals surface area (Å²) < 4.78 is 34.9. The van der Waals surface area contributed by atoms with Crippen LogP contribution in [0, 0.1) is 0 Å². The minimum absolute atomic E-state index is 0.233. The summed E-state index contributed by atoms with van der Waals surface area (Å²) in [6, 6.07) is 7.03. The molecule has 0 N–H and O–H groups in total. The van der Waals surface area contributed by atoms with E-state index in [-0.39, 0.29) is 12.0 Å². The van der Waals surface area contributed by atoms with Gasteiger partial charge in [-0.25, -0.2) is 8.42 Å². The van der Waals surface area contributed by atoms with Crippen LogP contribution >= 0.6 is 0 Å². The van der Waals surface area contributed by atoms with E-state index in [0.29, 0.717) is 11.3 Å². The van der Waals surface area contributed by atoms with Crippen LogP contribution < -0.4 is 0 Å². The molecule has 0 saturated carbocycles. The van der Waals surface area contributed by atoms with Crippen molar-refractivity contribution in [2.24, 2.45) is 0 Å². The topological polar surface area (TPSA) is 52.6 Å². The van der Waals surface area contributed by atoms with Crippen LogP contribution in [-0.2, 0) is 25.7 Å². The fourth-order valence-electron chi connectivity index (χ4n) is 2.48. The van der Waals surface area contributed by atoms with Gasteiger partial charge in [-0.1, -0.05) is 51.2 Å². The minimum Gasteiger partial charge on any atom is -0.356 e. The van der Waals surface area contributed by atoms with E-state index in [1.54, 1.807) is 26.4 Å². The van der Waals surface area contributed by atoms with Gasteiger partial charge in [0.1, 0.15) is 0 Å². The van der Waals surface area contributed by atoms with E-state index in [2.05, 4.69) is 6.92 Å². The Balaban J connectivity index is 2.50. The predicted octanol–water partition coefficient (Wildman–Crippen LogP) is 3.98. The number of rotatable bonds is 12. The van der Waals surface area contributed by atoms with E-state index in [4.69, 9.17) is 9.47 Å². The van der Waals surface area contributed by atoms with Crippen LogP contribution in [0.5, 0.6) is 0 Å². The second-order valence-electron chi connectivity index (χ2n) is 5.84. The zero-order valence-corrected chi connectivity index (χ0v) is 15.4. The lowest BCUT2D eigenvalue weighted by Crippen LogP contribution is -2.16. The molecule has 0 heterocycles. The molecule has 0 unspecified atom stereocenters. The largest absolute Gasteiger partial charge is 0.356 e. The summed E-state index contributed by atoms with van der Waals surface area (Å²) in [6.45, 7) is 2.18. The highest BCUT2D eigenvalue weighted by Gasteiger charge is 2.14. The van der Waals surface area contributed by atoms with Gasteiger partial charge in [0.2, 0.25) is 0 Å². The third kappa shape index (κ3) is 7.46. The summed E-state index contributed by atoms with van der Waals surface area (Å²) >= 11 is 0. The zero-order valence-electron chi connectivity index (χ0n) is 14.6. The summed E-state index contributed by atoms with van der Waals surface area (Å²) in [6.07, 6.45) is 6.79. The van der Waals surface area contributed by atoms with Gasteiger partial charge in [-0.15, -0.1) is 0 Å². The number of hydrogen-bond acceptors (Lipinski definition) is 4. The second-order valence-corrected chi connectivity index (χ2v) is 7.94. The Morgan fingerprint density at radius 3 is 2.04 bits per heavy atom. The second kappa shape index (κ2) is 10.8. The lowest BCUT2D eigenvalue weighted by molar-refractivity contribution is -0.100. The first-order valence-corrected chi connectivity index (χ1v) is 10.1. The molecule has 0 saturated heterocycles. The van der Waals surface area contributed by atoms with Crippen LogP contribution in [-0.4, -0.2) is 34.7 Å². The summed E-state index contributed by atoms with van der Waals surface area (Å²) in [5.74, 6) is 0.233. The molecule has 1 aromatic rings. The first kappa shape index (κ1) is 20.1. The fourth-order valence-corrected chi connectivity index (χ4v) is 3.85. The van der Waals surface area contributed by atoms with E-state index >= 15 is 0 Å². The Morgan fingerprint density at radius 1 is 0.913 bits per heavy atom. The highest BCUT2D eigenvalue weighted by Crippen LogP contribution is 2.16. The van der Waals surface area contributed by atoms with Crippen LogP contribution in [0.2, 0.25) is 0 Å². The van der Waals surface area contributed by atoms with Crippen molar-refractivity contribution in [3.8, 4) is 0 Å². The van der Waals surface area contributed by atoms with Gasteiger partial charge in [-0.2, -0.15) is 0 Å². The molecule has 0 atom stereocenters. The molecule has 0 aliphatic heterocycles. The zero-order chi connectivity index (χ0) is 17.1. The smallest absolute Gasteiger partial charge is 0.178 e. The number of hydrogen-bond donors (Lipinski definition) is 0. The van der Waals surface area contributed by atoms with Crippen molar-refractivity contribution >= 4 is 9.84 Å². The average molecular weight is 343 g/mol. The molecule has 4 nitrogen and oxygen atoms in total. The fraction of sp³-hybridized carbons (Fsp3) is 0.667.